The van der Waals surface area contributed by atoms with Crippen molar-refractivity contribution in [3.05, 3.63) is 0 Å². The second-order valence-electron chi connectivity index (χ2n) is 2.12. The fraction of sp³-hybridized carbons (Fsp3) is 0.833. The van der Waals surface area contributed by atoms with Gasteiger partial charge in [-0.1, -0.05) is 0 Å². The van der Waals surface area contributed by atoms with E-state index in [1.54, 1.807) is 0 Å². The van der Waals surface area contributed by atoms with Gasteiger partial charge in [-0.25, -0.2) is 0 Å². The predicted octanol–water partition coefficient (Wildman–Crippen LogP) is 0.262. The summed E-state index contributed by atoms with van der Waals surface area (Å²) in [6, 6.07) is 1.39. The summed E-state index contributed by atoms with van der Waals surface area (Å²) >= 11 is 0. The number of nitrogens with two attached hydrogens (primary N) is 1. The molecule has 0 amide bonds. The summed E-state index contributed by atoms with van der Waals surface area (Å²) in [5, 5.41) is 8.19. The van der Waals surface area contributed by atoms with Crippen LogP contribution in [0.2, 0.25) is 0 Å². The third-order valence-corrected chi connectivity index (χ3v) is 0.775. The molecule has 1 atom stereocenters. The molecule has 0 aromatic rings. The van der Waals surface area contributed by atoms with Crippen LogP contribution in [0.3, 0.4) is 0 Å². The molecule has 52 valence electrons. The summed E-state index contributed by atoms with van der Waals surface area (Å²) < 4.78 is 5.05. The van der Waals surface area contributed by atoms with Crippen molar-refractivity contribution in [2.24, 2.45) is 5.73 Å². The van der Waals surface area contributed by atoms with Crippen molar-refractivity contribution >= 4 is 0 Å². The molecule has 0 aromatic carbocycles. The van der Waals surface area contributed by atoms with E-state index in [1.807, 2.05) is 19.9 Å². The molecular formula is C6H12N2O. The molecule has 2 N–H and O–H groups in total. The number of nitrogens with zero attached hydrogens (tertiary/aromatic N) is 1. The van der Waals surface area contributed by atoms with Crippen LogP contribution >= 0.6 is 0 Å². The van der Waals surface area contributed by atoms with E-state index in [1.165, 1.54) is 0 Å². The van der Waals surface area contributed by atoms with Gasteiger partial charge >= 0.3 is 0 Å². The van der Waals surface area contributed by atoms with Gasteiger partial charge < -0.3 is 10.5 Å². The highest BCUT2D eigenvalue weighted by Crippen LogP contribution is 1.87. The monoisotopic (exact) mass is 128 g/mol. The van der Waals surface area contributed by atoms with Crippen molar-refractivity contribution in [2.75, 3.05) is 6.61 Å². The normalized spacial score (nSPS) is 13.2. The van der Waals surface area contributed by atoms with Gasteiger partial charge in [-0.3, -0.25) is 0 Å². The molecule has 0 heterocycles. The molecule has 9 heavy (non-hydrogen) atoms. The van der Waals surface area contributed by atoms with E-state index in [9.17, 15) is 0 Å². The molecule has 3 nitrogen and oxygen atoms in total. The molecule has 1 unspecified atom stereocenters. The SMILES string of the molecule is CC(C)OCC(N)C#N. The first-order chi connectivity index (χ1) is 4.16. The Morgan fingerprint density at radius 2 is 2.22 bits per heavy atom. The third kappa shape index (κ3) is 5.28. The number of ether oxygens (including phenoxy) is 1. The van der Waals surface area contributed by atoms with Gasteiger partial charge in [0.15, 0.2) is 0 Å². The first-order valence-corrected chi connectivity index (χ1v) is 2.93. The van der Waals surface area contributed by atoms with Crippen LogP contribution < -0.4 is 5.73 Å². The highest BCUT2D eigenvalue weighted by atomic mass is 16.5. The summed E-state index contributed by atoms with van der Waals surface area (Å²) in [6.45, 7) is 4.14. The summed E-state index contributed by atoms with van der Waals surface area (Å²) in [7, 11) is 0. The topological polar surface area (TPSA) is 59.0 Å². The van der Waals surface area contributed by atoms with Crippen molar-refractivity contribution in [3.63, 3.8) is 0 Å². The molecule has 0 aromatic heterocycles. The predicted molar refractivity (Wildman–Crippen MR) is 34.7 cm³/mol. The molecule has 0 saturated heterocycles. The van der Waals surface area contributed by atoms with Gasteiger partial charge in [0.05, 0.1) is 18.8 Å². The van der Waals surface area contributed by atoms with E-state index < -0.39 is 6.04 Å². The lowest BCUT2D eigenvalue weighted by atomic mass is 10.4. The molecule has 0 rings (SSSR count). The maximum Gasteiger partial charge on any atom is 0.116 e. The van der Waals surface area contributed by atoms with Crippen molar-refractivity contribution in [3.8, 4) is 6.07 Å². The Kier molecular flexibility index (Phi) is 4.02. The number of rotatable bonds is 3. The largest absolute Gasteiger partial charge is 0.376 e. The summed E-state index contributed by atoms with van der Waals surface area (Å²) in [6.07, 6.45) is 0.157. The van der Waals surface area contributed by atoms with Gasteiger partial charge in [-0.05, 0) is 13.8 Å². The second-order valence-corrected chi connectivity index (χ2v) is 2.12. The molecule has 3 heteroatoms. The zero-order valence-corrected chi connectivity index (χ0v) is 5.79. The van der Waals surface area contributed by atoms with Crippen LogP contribution in [0.25, 0.3) is 0 Å². The van der Waals surface area contributed by atoms with E-state index in [0.29, 0.717) is 6.61 Å². The minimum absolute atomic E-state index is 0.157. The molecule has 0 bridgehead atoms. The second kappa shape index (κ2) is 4.30. The van der Waals surface area contributed by atoms with Gasteiger partial charge in [-0.2, -0.15) is 5.26 Å². The average Bonchev–Trinajstić information content (AvgIpc) is 1.83. The first-order valence-electron chi connectivity index (χ1n) is 2.93. The van der Waals surface area contributed by atoms with Crippen molar-refractivity contribution in [1.82, 2.24) is 0 Å². The Morgan fingerprint density at radius 3 is 2.56 bits per heavy atom. The van der Waals surface area contributed by atoms with Crippen LogP contribution in [0.4, 0.5) is 0 Å². The molecule has 0 spiro atoms. The van der Waals surface area contributed by atoms with Gasteiger partial charge in [0.1, 0.15) is 6.04 Å². The van der Waals surface area contributed by atoms with Gasteiger partial charge in [0.2, 0.25) is 0 Å². The first kappa shape index (κ1) is 8.41. The number of hydrogen-bond acceptors (Lipinski definition) is 3. The average molecular weight is 128 g/mol. The molecule has 0 saturated carbocycles. The van der Waals surface area contributed by atoms with E-state index >= 15 is 0 Å². The van der Waals surface area contributed by atoms with Crippen LogP contribution in [-0.2, 0) is 4.74 Å². The standard InChI is InChI=1S/C6H12N2O/c1-5(2)9-4-6(8)3-7/h5-6H,4,8H2,1-2H3. The van der Waals surface area contributed by atoms with Crippen LogP contribution in [-0.4, -0.2) is 18.8 Å². The highest BCUT2D eigenvalue weighted by Gasteiger charge is 1.99. The van der Waals surface area contributed by atoms with E-state index in [2.05, 4.69) is 0 Å². The van der Waals surface area contributed by atoms with E-state index in [4.69, 9.17) is 15.7 Å². The Labute approximate surface area is 55.4 Å². The molecule has 0 aliphatic rings. The minimum atomic E-state index is -0.479. The minimum Gasteiger partial charge on any atom is -0.376 e. The van der Waals surface area contributed by atoms with Crippen LogP contribution in [0.1, 0.15) is 13.8 Å². The van der Waals surface area contributed by atoms with Gasteiger partial charge in [-0.15, -0.1) is 0 Å². The Hall–Kier alpha value is -0.590. The fourth-order valence-corrected chi connectivity index (χ4v) is 0.333. The molecular weight excluding hydrogens is 116 g/mol. The van der Waals surface area contributed by atoms with Crippen LogP contribution in [0.15, 0.2) is 0 Å². The lowest BCUT2D eigenvalue weighted by molar-refractivity contribution is 0.0763. The Balaban J connectivity index is 3.19. The zero-order chi connectivity index (χ0) is 7.28. The maximum absolute atomic E-state index is 8.19. The van der Waals surface area contributed by atoms with Crippen molar-refractivity contribution in [2.45, 2.75) is 26.0 Å². The van der Waals surface area contributed by atoms with Crippen molar-refractivity contribution in [1.29, 1.82) is 5.26 Å². The third-order valence-electron chi connectivity index (χ3n) is 0.775. The van der Waals surface area contributed by atoms with Crippen LogP contribution in [0, 0.1) is 11.3 Å². The quantitative estimate of drug-likeness (QED) is 0.593. The molecule has 0 radical (unpaired) electrons. The van der Waals surface area contributed by atoms with Crippen molar-refractivity contribution < 1.29 is 4.74 Å². The maximum atomic E-state index is 8.19. The van der Waals surface area contributed by atoms with E-state index in [-0.39, 0.29) is 6.10 Å². The smallest absolute Gasteiger partial charge is 0.116 e. The van der Waals surface area contributed by atoms with Gasteiger partial charge in [0, 0.05) is 0 Å². The Bertz CT molecular complexity index is 106. The number of hydrogen-bond donors (Lipinski definition) is 1. The summed E-state index contributed by atoms with van der Waals surface area (Å²) in [5.74, 6) is 0. The number of nitriles is 1. The molecule has 0 fully saturated rings. The van der Waals surface area contributed by atoms with E-state index in [0.717, 1.165) is 0 Å². The summed E-state index contributed by atoms with van der Waals surface area (Å²) in [5.41, 5.74) is 5.24. The summed E-state index contributed by atoms with van der Waals surface area (Å²) in [4.78, 5) is 0. The lowest BCUT2D eigenvalue weighted by Gasteiger charge is -2.07. The highest BCUT2D eigenvalue weighted by molar-refractivity contribution is 4.85. The van der Waals surface area contributed by atoms with Gasteiger partial charge in [0.25, 0.3) is 0 Å². The van der Waals surface area contributed by atoms with Crippen LogP contribution in [0.5, 0.6) is 0 Å². The Morgan fingerprint density at radius 1 is 1.67 bits per heavy atom. The molecule has 0 aliphatic heterocycles. The lowest BCUT2D eigenvalue weighted by Crippen LogP contribution is -2.25. The zero-order valence-electron chi connectivity index (χ0n) is 5.79. The molecule has 0 aliphatic carbocycles. The fourth-order valence-electron chi connectivity index (χ4n) is 0.333.